The van der Waals surface area contributed by atoms with E-state index in [-0.39, 0.29) is 53.3 Å². The van der Waals surface area contributed by atoms with Gasteiger partial charge < -0.3 is 19.3 Å². The minimum absolute atomic E-state index is 0.0467. The number of likely N-dealkylation sites (tertiary alicyclic amines) is 2. The lowest BCUT2D eigenvalue weighted by atomic mass is 9.92. The summed E-state index contributed by atoms with van der Waals surface area (Å²) in [7, 11) is 1.70. The van der Waals surface area contributed by atoms with Crippen molar-refractivity contribution in [1.82, 2.24) is 9.80 Å². The average Bonchev–Trinajstić information content (AvgIpc) is 4.06. The minimum Gasteiger partial charge on any atom is -0.434 e. The van der Waals surface area contributed by atoms with Gasteiger partial charge in [0.1, 0.15) is 5.75 Å². The number of allylic oxidation sites excluding steroid dienone is 1. The second kappa shape index (κ2) is 16.6. The molecule has 4 aromatic carbocycles. The predicted molar refractivity (Wildman–Crippen MR) is 226 cm³/mol. The van der Waals surface area contributed by atoms with E-state index in [1.165, 1.54) is 0 Å². The Bertz CT molecular complexity index is 2300. The van der Waals surface area contributed by atoms with Gasteiger partial charge in [0.25, 0.3) is 0 Å². The predicted octanol–water partition coefficient (Wildman–Crippen LogP) is 9.87. The monoisotopic (exact) mass is 786 g/mol. The van der Waals surface area contributed by atoms with Gasteiger partial charge in [0.05, 0.1) is 30.3 Å². The number of hydrogen-bond acceptors (Lipinski definition) is 6. The summed E-state index contributed by atoms with van der Waals surface area (Å²) in [6, 6.07) is 25.2. The Morgan fingerprint density at radius 2 is 1.66 bits per heavy atom. The lowest BCUT2D eigenvalue weighted by Gasteiger charge is -2.29. The van der Waals surface area contributed by atoms with Gasteiger partial charge in [-0.2, -0.15) is 8.78 Å². The zero-order valence-corrected chi connectivity index (χ0v) is 34.0. The van der Waals surface area contributed by atoms with Crippen molar-refractivity contribution >= 4 is 45.3 Å². The molecule has 10 heteroatoms. The summed E-state index contributed by atoms with van der Waals surface area (Å²) in [5, 5.41) is 2.01. The normalized spacial score (nSPS) is 21.4. The number of amides is 2. The molecule has 0 N–H and O–H groups in total. The molecule has 0 spiro atoms. The number of alkyl halides is 2. The van der Waals surface area contributed by atoms with E-state index in [1.54, 1.807) is 19.4 Å². The molecule has 5 atom stereocenters. The first-order valence-electron chi connectivity index (χ1n) is 20.6. The highest BCUT2D eigenvalue weighted by Gasteiger charge is 2.41. The molecular weight excluding hydrogens is 735 g/mol. The van der Waals surface area contributed by atoms with Gasteiger partial charge in [-0.3, -0.25) is 19.6 Å². The summed E-state index contributed by atoms with van der Waals surface area (Å²) >= 11 is 0. The molecular formula is C48H52F2N4O4. The second-order valence-corrected chi connectivity index (χ2v) is 16.7. The number of rotatable bonds is 12. The molecule has 58 heavy (non-hydrogen) atoms. The van der Waals surface area contributed by atoms with Crippen LogP contribution in [0.1, 0.15) is 76.0 Å². The van der Waals surface area contributed by atoms with Crippen molar-refractivity contribution in [2.24, 2.45) is 27.7 Å². The fourth-order valence-electron chi connectivity index (χ4n) is 9.29. The van der Waals surface area contributed by atoms with Gasteiger partial charge >= 0.3 is 6.61 Å². The molecule has 4 aliphatic rings. The maximum absolute atomic E-state index is 14.0. The van der Waals surface area contributed by atoms with Gasteiger partial charge in [-0.05, 0) is 88.9 Å². The zero-order chi connectivity index (χ0) is 40.7. The number of aliphatic imine (C=N–C) groups is 2. The third-order valence-corrected chi connectivity index (χ3v) is 12.8. The number of fused-ring (bicyclic) bond motifs is 3. The summed E-state index contributed by atoms with van der Waals surface area (Å²) in [6.07, 6.45) is 5.57. The van der Waals surface area contributed by atoms with Crippen molar-refractivity contribution in [3.05, 3.63) is 102 Å². The standard InChI is InChI=1S/C48H52F2N4O4/c1-28(2)29(3)46(55)53-19-9-12-43(53)41-22-36(25-51-41)33-13-17-38(45(23-33)58-48(49)50)35-14-16-37-34(21-35)15-18-40-39(37)24-42(52-40)44-20-31(27-57-5)26-54(44)47(56)30(4)32-10-7-6-8-11-32/h6-8,10-11,13-18,21,23,25,28-31,43-44,48H,9,12,19-20,22,24,26-27H2,1-5H3/t29-,30+,31-,43-,44-/m0/s1. The highest BCUT2D eigenvalue weighted by Crippen LogP contribution is 2.42. The Kier molecular flexibility index (Phi) is 11.3. The van der Waals surface area contributed by atoms with Crippen LogP contribution in [0.15, 0.2) is 95.0 Å². The van der Waals surface area contributed by atoms with E-state index in [1.807, 2.05) is 96.4 Å². The molecule has 2 amide bonds. The Balaban J connectivity index is 1.01. The SMILES string of the molecule is COC[C@H]1C[C@@H](C2=Nc3ccc4cc(-c5ccc(C6=CN=C([C@@H]7CCCN7C(=O)[C@@H](C)C(C)C)C6)cc5OC(F)F)ccc4c3C2)N(C(=O)[C@H](C)c2ccccc2)C1. The van der Waals surface area contributed by atoms with Crippen LogP contribution >= 0.6 is 0 Å². The Morgan fingerprint density at radius 1 is 0.862 bits per heavy atom. The van der Waals surface area contributed by atoms with E-state index >= 15 is 0 Å². The van der Waals surface area contributed by atoms with E-state index in [4.69, 9.17) is 19.5 Å². The number of halogens is 2. The van der Waals surface area contributed by atoms with E-state index in [9.17, 15) is 18.4 Å². The van der Waals surface area contributed by atoms with E-state index in [0.717, 1.165) is 81.5 Å². The lowest BCUT2D eigenvalue weighted by Crippen LogP contribution is -2.43. The topological polar surface area (TPSA) is 83.8 Å². The average molecular weight is 787 g/mol. The Labute approximate surface area is 339 Å². The highest BCUT2D eigenvalue weighted by molar-refractivity contribution is 6.06. The first kappa shape index (κ1) is 39.6. The van der Waals surface area contributed by atoms with E-state index in [0.29, 0.717) is 31.6 Å². The fraction of sp³-hybridized carbons (Fsp3) is 0.417. The van der Waals surface area contributed by atoms with Crippen LogP contribution in [0.5, 0.6) is 5.75 Å². The fourth-order valence-corrected chi connectivity index (χ4v) is 9.29. The molecule has 8 nitrogen and oxygen atoms in total. The lowest BCUT2D eigenvalue weighted by molar-refractivity contribution is -0.136. The molecule has 2 fully saturated rings. The molecule has 8 rings (SSSR count). The van der Waals surface area contributed by atoms with Crippen LogP contribution in [0, 0.1) is 17.8 Å². The molecule has 0 aliphatic carbocycles. The maximum Gasteiger partial charge on any atom is 0.387 e. The molecule has 0 radical (unpaired) electrons. The van der Waals surface area contributed by atoms with Crippen molar-refractivity contribution < 1.29 is 27.8 Å². The Morgan fingerprint density at radius 3 is 2.41 bits per heavy atom. The van der Waals surface area contributed by atoms with Crippen LogP contribution in [0.4, 0.5) is 14.5 Å². The highest BCUT2D eigenvalue weighted by atomic mass is 19.3. The zero-order valence-electron chi connectivity index (χ0n) is 34.0. The van der Waals surface area contributed by atoms with Crippen molar-refractivity contribution in [2.45, 2.75) is 84.4 Å². The number of methoxy groups -OCH3 is 1. The number of carbonyl (C=O) groups is 2. The summed E-state index contributed by atoms with van der Waals surface area (Å²) < 4.78 is 38.6. The van der Waals surface area contributed by atoms with Gasteiger partial charge in [0.15, 0.2) is 0 Å². The molecule has 0 aromatic heterocycles. The van der Waals surface area contributed by atoms with Crippen LogP contribution in [-0.4, -0.2) is 78.5 Å². The molecule has 0 saturated carbocycles. The van der Waals surface area contributed by atoms with Gasteiger partial charge in [-0.15, -0.1) is 0 Å². The van der Waals surface area contributed by atoms with Gasteiger partial charge in [0.2, 0.25) is 11.8 Å². The van der Waals surface area contributed by atoms with Crippen LogP contribution in [0.3, 0.4) is 0 Å². The molecule has 4 aromatic rings. The van der Waals surface area contributed by atoms with E-state index in [2.05, 4.69) is 13.8 Å². The van der Waals surface area contributed by atoms with E-state index < -0.39 is 6.61 Å². The van der Waals surface area contributed by atoms with Crippen LogP contribution < -0.4 is 4.74 Å². The maximum atomic E-state index is 14.0. The van der Waals surface area contributed by atoms with Gasteiger partial charge in [-0.1, -0.05) is 81.4 Å². The van der Waals surface area contributed by atoms with Gasteiger partial charge in [0, 0.05) is 68.1 Å². The molecule has 2 saturated heterocycles. The third kappa shape index (κ3) is 7.71. The van der Waals surface area contributed by atoms with Crippen molar-refractivity contribution in [3.8, 4) is 16.9 Å². The molecule has 0 unspecified atom stereocenters. The quantitative estimate of drug-likeness (QED) is 0.143. The summed E-state index contributed by atoms with van der Waals surface area (Å²) in [6.45, 7) is 7.03. The Hall–Kier alpha value is -5.22. The molecule has 0 bridgehead atoms. The van der Waals surface area contributed by atoms with Crippen molar-refractivity contribution in [2.75, 3.05) is 26.8 Å². The number of ether oxygens (including phenoxy) is 2. The van der Waals surface area contributed by atoms with Crippen LogP contribution in [-0.2, 0) is 20.7 Å². The number of hydrogen-bond donors (Lipinski definition) is 0. The molecule has 302 valence electrons. The van der Waals surface area contributed by atoms with Crippen molar-refractivity contribution in [3.63, 3.8) is 0 Å². The number of carbonyl (C=O) groups excluding carboxylic acids is 2. The second-order valence-electron chi connectivity index (χ2n) is 16.7. The van der Waals surface area contributed by atoms with Crippen molar-refractivity contribution in [1.29, 1.82) is 0 Å². The molecule has 4 aliphatic heterocycles. The minimum atomic E-state index is -3.00. The largest absolute Gasteiger partial charge is 0.434 e. The molecule has 4 heterocycles. The summed E-state index contributed by atoms with van der Waals surface area (Å²) in [4.78, 5) is 41.2. The first-order chi connectivity index (χ1) is 28.0. The third-order valence-electron chi connectivity index (χ3n) is 12.8. The number of benzene rings is 4. The number of nitrogens with zero attached hydrogens (tertiary/aromatic N) is 4. The smallest absolute Gasteiger partial charge is 0.387 e. The van der Waals surface area contributed by atoms with Crippen LogP contribution in [0.2, 0.25) is 0 Å². The van der Waals surface area contributed by atoms with Crippen LogP contribution in [0.25, 0.3) is 27.5 Å². The first-order valence-corrected chi connectivity index (χ1v) is 20.6. The van der Waals surface area contributed by atoms with Gasteiger partial charge in [-0.25, -0.2) is 0 Å². The summed E-state index contributed by atoms with van der Waals surface area (Å²) in [5.74, 6) is 0.476. The summed E-state index contributed by atoms with van der Waals surface area (Å²) in [5.41, 5.74) is 7.90.